The zero-order chi connectivity index (χ0) is 48.1. The van der Waals surface area contributed by atoms with Crippen LogP contribution in [0.1, 0.15) is 22.9 Å². The van der Waals surface area contributed by atoms with Crippen LogP contribution in [0.25, 0.3) is 33.9 Å². The molecular formula is C50H36BF8IN6O2. The summed E-state index contributed by atoms with van der Waals surface area (Å²) in [4.78, 5) is 10.7. The minimum atomic E-state index is -1.89. The molecule has 4 heterocycles. The second-order valence-electron chi connectivity index (χ2n) is 15.5. The van der Waals surface area contributed by atoms with E-state index in [0.29, 0.717) is 35.1 Å². The highest BCUT2D eigenvalue weighted by atomic mass is 127. The van der Waals surface area contributed by atoms with Crippen molar-refractivity contribution in [2.45, 2.75) is 25.3 Å². The van der Waals surface area contributed by atoms with Crippen molar-refractivity contribution < 1.29 is 45.2 Å². The Bertz CT molecular complexity index is 3100. The van der Waals surface area contributed by atoms with Gasteiger partial charge in [0.1, 0.15) is 35.1 Å². The molecule has 0 radical (unpaired) electrons. The first kappa shape index (κ1) is 47.6. The molecule has 4 aliphatic rings. The van der Waals surface area contributed by atoms with E-state index >= 15 is 0 Å². The van der Waals surface area contributed by atoms with Crippen LogP contribution in [0.15, 0.2) is 164 Å². The van der Waals surface area contributed by atoms with Crippen LogP contribution in [-0.4, -0.2) is 42.6 Å². The van der Waals surface area contributed by atoms with Crippen LogP contribution in [0.2, 0.25) is 0 Å². The molecule has 18 heteroatoms. The maximum atomic E-state index is 14.1. The zero-order valence-electron chi connectivity index (χ0n) is 35.2. The topological polar surface area (TPSA) is 98.5 Å². The highest BCUT2D eigenvalue weighted by Crippen LogP contribution is 2.30. The second-order valence-corrected chi connectivity index (χ2v) is 16.7. The molecule has 0 spiro atoms. The number of halogens is 9. The minimum Gasteiger partial charge on any atom is -0.423 e. The van der Waals surface area contributed by atoms with E-state index in [4.69, 9.17) is 10.0 Å². The van der Waals surface area contributed by atoms with Gasteiger partial charge in [0.15, 0.2) is 29.1 Å². The lowest BCUT2D eigenvalue weighted by molar-refractivity contribution is 0.422. The summed E-state index contributed by atoms with van der Waals surface area (Å²) in [7, 11) is -1.89. The lowest BCUT2D eigenvalue weighted by atomic mass is 9.80. The molecule has 0 aliphatic carbocycles. The Balaban J connectivity index is 0.000000154. The maximum Gasteiger partial charge on any atom is 0.491 e. The molecular weight excluding hydrogens is 1010 g/mol. The van der Waals surface area contributed by atoms with Crippen LogP contribution in [0.5, 0.6) is 0 Å². The molecule has 0 bridgehead atoms. The Morgan fingerprint density at radius 3 is 1.99 bits per heavy atom. The predicted molar refractivity (Wildman–Crippen MR) is 250 cm³/mol. The minimum absolute atomic E-state index is 0.0105. The number of fused-ring (bicyclic) bond motifs is 2. The third-order valence-electron chi connectivity index (χ3n) is 10.8. The maximum absolute atomic E-state index is 14.1. The van der Waals surface area contributed by atoms with E-state index < -0.39 is 59.8 Å². The van der Waals surface area contributed by atoms with E-state index in [2.05, 4.69) is 72.4 Å². The summed E-state index contributed by atoms with van der Waals surface area (Å²) in [5.74, 6) is -6.38. The summed E-state index contributed by atoms with van der Waals surface area (Å²) in [5.41, 5.74) is 5.18. The van der Waals surface area contributed by atoms with Crippen molar-refractivity contribution in [1.29, 1.82) is 0 Å². The highest BCUT2D eigenvalue weighted by Gasteiger charge is 2.31. The van der Waals surface area contributed by atoms with Crippen LogP contribution in [-0.2, 0) is 13.1 Å². The van der Waals surface area contributed by atoms with Gasteiger partial charge in [-0.2, -0.15) is 0 Å². The first-order chi connectivity index (χ1) is 32.7. The van der Waals surface area contributed by atoms with Gasteiger partial charge in [0.05, 0.1) is 23.0 Å². The molecule has 0 aromatic heterocycles. The molecule has 0 amide bonds. The monoisotopic (exact) mass is 1040 g/mol. The number of nitrogens with one attached hydrogen (secondary N) is 2. The van der Waals surface area contributed by atoms with Crippen molar-refractivity contribution in [3.63, 3.8) is 0 Å². The van der Waals surface area contributed by atoms with Crippen molar-refractivity contribution in [3.8, 4) is 33.9 Å². The Morgan fingerprint density at radius 2 is 1.28 bits per heavy atom. The Labute approximate surface area is 398 Å². The number of rotatable bonds is 8. The van der Waals surface area contributed by atoms with Gasteiger partial charge in [-0.15, -0.1) is 0 Å². The smallest absolute Gasteiger partial charge is 0.423 e. The summed E-state index contributed by atoms with van der Waals surface area (Å²) in [6.07, 6.45) is 9.17. The number of benzene rings is 6. The van der Waals surface area contributed by atoms with Gasteiger partial charge in [0, 0.05) is 70.2 Å². The quantitative estimate of drug-likeness (QED) is 0.0684. The molecule has 1 saturated heterocycles. The lowest BCUT2D eigenvalue weighted by Gasteiger charge is -2.22. The lowest BCUT2D eigenvalue weighted by Crippen LogP contribution is -2.32. The average molecular weight is 1040 g/mol. The SMILES string of the molecule is Fc1ccc(-c2ccc(Cn3ccc4nc(-c5cccc(F)c5F)nc-4c3)cc2)c(F)c1.Fc1cccc(C2NC3=CN(Cc4ccc(I)cc4)C=CC3N2)c1F.OB(O)c1ccc(F)cc1F. The van der Waals surface area contributed by atoms with Crippen LogP contribution >= 0.6 is 22.6 Å². The fraction of sp³-hybridized carbons (Fsp3) is 0.0800. The first-order valence-corrected chi connectivity index (χ1v) is 21.8. The normalized spacial score (nSPS) is 14.9. The number of pyridine rings is 1. The second kappa shape index (κ2) is 21.0. The van der Waals surface area contributed by atoms with Crippen LogP contribution in [0.4, 0.5) is 35.1 Å². The molecule has 344 valence electrons. The molecule has 6 aromatic carbocycles. The molecule has 4 N–H and O–H groups in total. The van der Waals surface area contributed by atoms with E-state index in [1.54, 1.807) is 30.5 Å². The number of hydrogen-bond acceptors (Lipinski definition) is 7. The number of nitrogens with zero attached hydrogens (tertiary/aromatic N) is 4. The van der Waals surface area contributed by atoms with Crippen LogP contribution in [0, 0.1) is 50.1 Å². The zero-order valence-corrected chi connectivity index (χ0v) is 37.4. The average Bonchev–Trinajstić information content (AvgIpc) is 3.94. The Morgan fingerprint density at radius 1 is 0.632 bits per heavy atom. The largest absolute Gasteiger partial charge is 0.491 e. The first-order valence-electron chi connectivity index (χ1n) is 20.7. The van der Waals surface area contributed by atoms with Crippen molar-refractivity contribution in [1.82, 2.24) is 30.1 Å². The molecule has 8 nitrogen and oxygen atoms in total. The number of aromatic nitrogens is 3. The van der Waals surface area contributed by atoms with Gasteiger partial charge in [-0.05, 0) is 100.0 Å². The van der Waals surface area contributed by atoms with Crippen molar-refractivity contribution in [2.24, 2.45) is 0 Å². The fourth-order valence-electron chi connectivity index (χ4n) is 7.35. The number of imidazole rings is 1. The van der Waals surface area contributed by atoms with E-state index in [0.717, 1.165) is 48.1 Å². The fourth-order valence-corrected chi connectivity index (χ4v) is 7.71. The summed E-state index contributed by atoms with van der Waals surface area (Å²) in [6.45, 7) is 1.27. The predicted octanol–water partition coefficient (Wildman–Crippen LogP) is 9.97. The molecule has 10 rings (SSSR count). The summed E-state index contributed by atoms with van der Waals surface area (Å²) in [5, 5.41) is 23.5. The third-order valence-corrected chi connectivity index (χ3v) is 11.5. The standard InChI is InChI=1S/C25H15F4N3.C19H16F2IN3.C6H5BF2O2/c26-17-8-9-18(21(28)12-17)16-6-4-15(5-7-16)13-32-11-10-22-23(14-32)31-25(30-22)19-2-1-3-20(27)24(19)29;20-15-3-1-2-14(18(15)21)19-23-16-8-9-25(11-17(16)24-19)10-12-4-6-13(22)7-5-12;8-4-1-2-5(7(10)11)6(9)3-4/h1-12,14H,13H2;1-9,11,16,19,23-24H,10H2;1-3,10-11H. The van der Waals surface area contributed by atoms with Gasteiger partial charge in [-0.1, -0.05) is 60.7 Å². The van der Waals surface area contributed by atoms with Crippen molar-refractivity contribution >= 4 is 35.2 Å². The van der Waals surface area contributed by atoms with Crippen molar-refractivity contribution in [3.05, 3.63) is 231 Å². The molecule has 1 fully saturated rings. The molecule has 0 saturated carbocycles. The molecule has 68 heavy (non-hydrogen) atoms. The van der Waals surface area contributed by atoms with E-state index in [9.17, 15) is 35.1 Å². The van der Waals surface area contributed by atoms with Gasteiger partial charge < -0.3 is 24.8 Å². The summed E-state index contributed by atoms with van der Waals surface area (Å²) in [6, 6.07) is 31.5. The summed E-state index contributed by atoms with van der Waals surface area (Å²) >= 11 is 2.28. The Kier molecular flexibility index (Phi) is 14.7. The van der Waals surface area contributed by atoms with Gasteiger partial charge >= 0.3 is 7.12 Å². The number of hydrogen-bond donors (Lipinski definition) is 4. The third kappa shape index (κ3) is 11.3. The molecule has 2 atom stereocenters. The van der Waals surface area contributed by atoms with Gasteiger partial charge in [-0.3, -0.25) is 5.32 Å². The van der Waals surface area contributed by atoms with Crippen molar-refractivity contribution in [2.75, 3.05) is 0 Å². The van der Waals surface area contributed by atoms with E-state index in [1.807, 2.05) is 41.4 Å². The van der Waals surface area contributed by atoms with Gasteiger partial charge in [0.2, 0.25) is 0 Å². The van der Waals surface area contributed by atoms with Gasteiger partial charge in [0.25, 0.3) is 0 Å². The molecule has 4 aliphatic heterocycles. The summed E-state index contributed by atoms with van der Waals surface area (Å²) < 4.78 is 110. The van der Waals surface area contributed by atoms with Crippen LogP contribution in [0.3, 0.4) is 0 Å². The van der Waals surface area contributed by atoms with E-state index in [-0.39, 0.29) is 28.5 Å². The Hall–Kier alpha value is -6.87. The molecule has 6 aromatic rings. The highest BCUT2D eigenvalue weighted by molar-refractivity contribution is 14.1. The van der Waals surface area contributed by atoms with Gasteiger partial charge in [-0.25, -0.2) is 45.1 Å². The van der Waals surface area contributed by atoms with E-state index in [1.165, 1.54) is 39.5 Å². The molecule has 2 unspecified atom stereocenters. The van der Waals surface area contributed by atoms with Crippen LogP contribution < -0.4 is 16.1 Å².